The van der Waals surface area contributed by atoms with Gasteiger partial charge in [0, 0.05) is 5.57 Å². The Morgan fingerprint density at radius 2 is 1.83 bits per heavy atom. The average molecular weight is 160 g/mol. The Morgan fingerprint density at radius 1 is 1.17 bits per heavy atom. The van der Waals surface area contributed by atoms with Gasteiger partial charge in [-0.3, -0.25) is 10.8 Å². The second-order valence-electron chi connectivity index (χ2n) is 2.72. The van der Waals surface area contributed by atoms with Gasteiger partial charge in [-0.05, 0) is 19.4 Å². The molecule has 2 heteroatoms. The number of allylic oxidation sites excluding steroid dienone is 6. The van der Waals surface area contributed by atoms with E-state index >= 15 is 0 Å². The van der Waals surface area contributed by atoms with Crippen LogP contribution in [-0.2, 0) is 0 Å². The molecule has 0 bridgehead atoms. The van der Waals surface area contributed by atoms with Crippen molar-refractivity contribution in [2.24, 2.45) is 0 Å². The SMILES string of the molecule is CC=CC1=CC=C(C)C(=N)C1=N. The lowest BCUT2D eigenvalue weighted by Gasteiger charge is -2.11. The van der Waals surface area contributed by atoms with Crippen LogP contribution < -0.4 is 0 Å². The molecule has 0 atom stereocenters. The quantitative estimate of drug-likeness (QED) is 0.554. The van der Waals surface area contributed by atoms with Crippen molar-refractivity contribution in [2.75, 3.05) is 0 Å². The molecule has 0 aromatic carbocycles. The van der Waals surface area contributed by atoms with Crippen LogP contribution in [0.5, 0.6) is 0 Å². The number of hydrogen-bond acceptors (Lipinski definition) is 2. The van der Waals surface area contributed by atoms with Gasteiger partial charge in [-0.1, -0.05) is 24.3 Å². The molecule has 0 amide bonds. The molecule has 0 aliphatic heterocycles. The molecule has 1 rings (SSSR count). The number of nitrogens with one attached hydrogen (secondary N) is 2. The summed E-state index contributed by atoms with van der Waals surface area (Å²) >= 11 is 0. The van der Waals surface area contributed by atoms with Crippen molar-refractivity contribution in [3.63, 3.8) is 0 Å². The minimum atomic E-state index is 0.313. The zero-order chi connectivity index (χ0) is 9.14. The molecule has 0 radical (unpaired) electrons. The topological polar surface area (TPSA) is 47.7 Å². The Bertz CT molecular complexity index is 317. The summed E-state index contributed by atoms with van der Waals surface area (Å²) in [6.07, 6.45) is 7.47. The lowest BCUT2D eigenvalue weighted by Crippen LogP contribution is -2.17. The third-order valence-corrected chi connectivity index (χ3v) is 1.79. The van der Waals surface area contributed by atoms with Gasteiger partial charge in [-0.15, -0.1) is 0 Å². The minimum Gasteiger partial charge on any atom is -0.298 e. The molecule has 1 aliphatic rings. The molecule has 2 N–H and O–H groups in total. The Labute approximate surface area is 72.3 Å². The summed E-state index contributed by atoms with van der Waals surface area (Å²) in [5, 5.41) is 15.1. The van der Waals surface area contributed by atoms with Crippen LogP contribution in [0, 0.1) is 10.8 Å². The van der Waals surface area contributed by atoms with Gasteiger partial charge in [-0.25, -0.2) is 0 Å². The number of hydrogen-bond donors (Lipinski definition) is 2. The molecule has 0 aromatic heterocycles. The van der Waals surface area contributed by atoms with E-state index in [-0.39, 0.29) is 0 Å². The molecule has 0 saturated carbocycles. The summed E-state index contributed by atoms with van der Waals surface area (Å²) in [6, 6.07) is 0. The molecule has 0 heterocycles. The van der Waals surface area contributed by atoms with E-state index in [4.69, 9.17) is 10.8 Å². The fourth-order valence-corrected chi connectivity index (χ4v) is 1.04. The van der Waals surface area contributed by atoms with E-state index in [1.54, 1.807) is 0 Å². The molecule has 62 valence electrons. The highest BCUT2D eigenvalue weighted by Gasteiger charge is 2.13. The van der Waals surface area contributed by atoms with Gasteiger partial charge in [0.25, 0.3) is 0 Å². The minimum absolute atomic E-state index is 0.313. The summed E-state index contributed by atoms with van der Waals surface area (Å²) < 4.78 is 0. The van der Waals surface area contributed by atoms with Crippen LogP contribution in [0.2, 0.25) is 0 Å². The van der Waals surface area contributed by atoms with Crippen molar-refractivity contribution < 1.29 is 0 Å². The molecule has 2 nitrogen and oxygen atoms in total. The van der Waals surface area contributed by atoms with Crippen LogP contribution in [0.15, 0.2) is 35.5 Å². The zero-order valence-electron chi connectivity index (χ0n) is 7.31. The van der Waals surface area contributed by atoms with E-state index in [0.29, 0.717) is 11.4 Å². The molecule has 12 heavy (non-hydrogen) atoms. The van der Waals surface area contributed by atoms with Gasteiger partial charge in [0.15, 0.2) is 0 Å². The fourth-order valence-electron chi connectivity index (χ4n) is 1.04. The predicted molar refractivity (Wildman–Crippen MR) is 52.1 cm³/mol. The van der Waals surface area contributed by atoms with Gasteiger partial charge >= 0.3 is 0 Å². The first-order valence-electron chi connectivity index (χ1n) is 3.86. The highest BCUT2D eigenvalue weighted by Crippen LogP contribution is 2.12. The van der Waals surface area contributed by atoms with Crippen LogP contribution in [0.1, 0.15) is 13.8 Å². The summed E-state index contributed by atoms with van der Waals surface area (Å²) in [6.45, 7) is 3.75. The van der Waals surface area contributed by atoms with Crippen molar-refractivity contribution in [3.05, 3.63) is 35.5 Å². The summed E-state index contributed by atoms with van der Waals surface area (Å²) in [5.74, 6) is 0. The molecule has 0 fully saturated rings. The maximum absolute atomic E-state index is 7.60. The second kappa shape index (κ2) is 3.30. The molecule has 0 aromatic rings. The Hall–Kier alpha value is -1.44. The third kappa shape index (κ3) is 1.42. The van der Waals surface area contributed by atoms with E-state index in [1.807, 2.05) is 38.2 Å². The van der Waals surface area contributed by atoms with Gasteiger partial charge in [-0.2, -0.15) is 0 Å². The van der Waals surface area contributed by atoms with Crippen molar-refractivity contribution in [2.45, 2.75) is 13.8 Å². The molecular weight excluding hydrogens is 148 g/mol. The van der Waals surface area contributed by atoms with Crippen molar-refractivity contribution >= 4 is 11.4 Å². The largest absolute Gasteiger partial charge is 0.298 e. The summed E-state index contributed by atoms with van der Waals surface area (Å²) in [5.41, 5.74) is 2.31. The molecule has 0 saturated heterocycles. The highest BCUT2D eigenvalue weighted by atomic mass is 14.5. The molecule has 0 spiro atoms. The van der Waals surface area contributed by atoms with Crippen LogP contribution >= 0.6 is 0 Å². The molecular formula is C10H12N2. The highest BCUT2D eigenvalue weighted by molar-refractivity contribution is 6.52. The van der Waals surface area contributed by atoms with Crippen LogP contribution in [0.3, 0.4) is 0 Å². The summed E-state index contributed by atoms with van der Waals surface area (Å²) in [7, 11) is 0. The van der Waals surface area contributed by atoms with E-state index in [2.05, 4.69) is 0 Å². The van der Waals surface area contributed by atoms with Crippen LogP contribution in [-0.4, -0.2) is 11.4 Å². The van der Waals surface area contributed by atoms with Crippen molar-refractivity contribution in [1.29, 1.82) is 10.8 Å². The third-order valence-electron chi connectivity index (χ3n) is 1.79. The average Bonchev–Trinajstić information content (AvgIpc) is 2.07. The van der Waals surface area contributed by atoms with Gasteiger partial charge in [0.1, 0.15) is 0 Å². The molecule has 0 unspecified atom stereocenters. The van der Waals surface area contributed by atoms with Crippen molar-refractivity contribution in [1.82, 2.24) is 0 Å². The van der Waals surface area contributed by atoms with Crippen LogP contribution in [0.4, 0.5) is 0 Å². The first-order chi connectivity index (χ1) is 5.66. The van der Waals surface area contributed by atoms with E-state index in [0.717, 1.165) is 11.1 Å². The van der Waals surface area contributed by atoms with E-state index in [9.17, 15) is 0 Å². The Kier molecular flexibility index (Phi) is 2.38. The van der Waals surface area contributed by atoms with Crippen molar-refractivity contribution in [3.8, 4) is 0 Å². The smallest absolute Gasteiger partial charge is 0.0864 e. The lowest BCUT2D eigenvalue weighted by molar-refractivity contribution is 1.41. The second-order valence-corrected chi connectivity index (χ2v) is 2.72. The zero-order valence-corrected chi connectivity index (χ0v) is 7.31. The normalized spacial score (nSPS) is 18.2. The maximum Gasteiger partial charge on any atom is 0.0864 e. The first-order valence-corrected chi connectivity index (χ1v) is 3.86. The Balaban J connectivity index is 3.06. The van der Waals surface area contributed by atoms with Gasteiger partial charge < -0.3 is 0 Å². The first kappa shape index (κ1) is 8.65. The van der Waals surface area contributed by atoms with E-state index in [1.165, 1.54) is 0 Å². The Morgan fingerprint density at radius 3 is 2.42 bits per heavy atom. The predicted octanol–water partition coefficient (Wildman–Crippen LogP) is 2.49. The standard InChI is InChI=1S/C10H12N2/c1-3-4-8-6-5-7(2)9(11)10(8)12/h3-6,11-12H,1-2H3. The van der Waals surface area contributed by atoms with Gasteiger partial charge in [0.05, 0.1) is 11.4 Å². The fraction of sp³-hybridized carbons (Fsp3) is 0.200. The van der Waals surface area contributed by atoms with E-state index < -0.39 is 0 Å². The van der Waals surface area contributed by atoms with Gasteiger partial charge in [0.2, 0.25) is 0 Å². The number of rotatable bonds is 1. The molecule has 1 aliphatic carbocycles. The lowest BCUT2D eigenvalue weighted by atomic mass is 9.95. The summed E-state index contributed by atoms with van der Waals surface area (Å²) in [4.78, 5) is 0. The van der Waals surface area contributed by atoms with Crippen LogP contribution in [0.25, 0.3) is 0 Å². The maximum atomic E-state index is 7.60. The monoisotopic (exact) mass is 160 g/mol.